The van der Waals surface area contributed by atoms with Crippen LogP contribution in [0, 0.1) is 0 Å². The molecule has 5 nitrogen and oxygen atoms in total. The molecule has 0 bridgehead atoms. The van der Waals surface area contributed by atoms with Crippen LogP contribution in [-0.4, -0.2) is 24.8 Å². The average Bonchev–Trinajstić information content (AvgIpc) is 2.52. The molecule has 0 aliphatic carbocycles. The fourth-order valence-corrected chi connectivity index (χ4v) is 3.45. The van der Waals surface area contributed by atoms with Crippen LogP contribution < -0.4 is 14.9 Å². The van der Waals surface area contributed by atoms with Crippen molar-refractivity contribution in [3.8, 4) is 11.5 Å². The molecule has 1 aromatic heterocycles. The zero-order valence-corrected chi connectivity index (χ0v) is 12.5. The Morgan fingerprint density at radius 3 is 2.64 bits per heavy atom. The minimum Gasteiger partial charge on any atom is -0.495 e. The number of ether oxygens (including phenoxy) is 2. The van der Waals surface area contributed by atoms with Crippen molar-refractivity contribution in [2.24, 2.45) is 0 Å². The molecule has 6 heteroatoms. The molecule has 0 fully saturated rings. The maximum Gasteiger partial charge on any atom is 0.341 e. The van der Waals surface area contributed by atoms with Gasteiger partial charge in [0.05, 0.1) is 17.2 Å². The van der Waals surface area contributed by atoms with Gasteiger partial charge >= 0.3 is 5.97 Å². The van der Waals surface area contributed by atoms with Crippen LogP contribution >= 0.6 is 11.3 Å². The maximum absolute atomic E-state index is 12.7. The van der Waals surface area contributed by atoms with E-state index in [1.165, 1.54) is 18.4 Å². The Kier molecular flexibility index (Phi) is 3.68. The van der Waals surface area contributed by atoms with Gasteiger partial charge in [-0.1, -0.05) is 12.1 Å². The summed E-state index contributed by atoms with van der Waals surface area (Å²) in [6.07, 6.45) is 0. The fourth-order valence-electron chi connectivity index (χ4n) is 2.27. The topological polar surface area (TPSA) is 72.8 Å². The molecule has 1 N–H and O–H groups in total. The largest absolute Gasteiger partial charge is 0.495 e. The third kappa shape index (κ3) is 2.37. The molecule has 0 saturated carbocycles. The Morgan fingerprint density at radius 1 is 1.18 bits per heavy atom. The molecule has 2 aromatic carbocycles. The van der Waals surface area contributed by atoms with E-state index in [0.717, 1.165) is 4.70 Å². The van der Waals surface area contributed by atoms with Crippen LogP contribution in [0.5, 0.6) is 11.5 Å². The van der Waals surface area contributed by atoms with E-state index in [1.54, 1.807) is 24.3 Å². The number of carbonyl (C=O) groups is 1. The summed E-state index contributed by atoms with van der Waals surface area (Å²) in [7, 11) is 1.53. The first-order valence-corrected chi connectivity index (χ1v) is 7.30. The second-order valence-electron chi connectivity index (χ2n) is 4.58. The Bertz CT molecular complexity index is 929. The number of rotatable bonds is 4. The van der Waals surface area contributed by atoms with E-state index >= 15 is 0 Å². The van der Waals surface area contributed by atoms with Crippen LogP contribution in [0.4, 0.5) is 0 Å². The summed E-state index contributed by atoms with van der Waals surface area (Å²) < 4.78 is 12.1. The third-order valence-electron chi connectivity index (χ3n) is 3.23. The lowest BCUT2D eigenvalue weighted by molar-refractivity contribution is -0.139. The van der Waals surface area contributed by atoms with Crippen molar-refractivity contribution < 1.29 is 19.4 Å². The van der Waals surface area contributed by atoms with E-state index in [9.17, 15) is 9.59 Å². The lowest BCUT2D eigenvalue weighted by atomic mass is 10.1. The number of fused-ring (bicyclic) bond motifs is 2. The molecule has 0 amide bonds. The van der Waals surface area contributed by atoms with E-state index in [-0.39, 0.29) is 11.2 Å². The van der Waals surface area contributed by atoms with Gasteiger partial charge in [-0.05, 0) is 24.3 Å². The van der Waals surface area contributed by atoms with Gasteiger partial charge in [0.1, 0.15) is 11.5 Å². The van der Waals surface area contributed by atoms with E-state index in [2.05, 4.69) is 0 Å². The Hall–Kier alpha value is -2.60. The molecule has 0 radical (unpaired) electrons. The quantitative estimate of drug-likeness (QED) is 0.749. The summed E-state index contributed by atoms with van der Waals surface area (Å²) in [5.74, 6) is -0.281. The van der Waals surface area contributed by atoms with Gasteiger partial charge < -0.3 is 14.6 Å². The van der Waals surface area contributed by atoms with E-state index in [0.29, 0.717) is 21.2 Å². The van der Waals surface area contributed by atoms with Crippen LogP contribution in [-0.2, 0) is 4.79 Å². The molecule has 1 heterocycles. The van der Waals surface area contributed by atoms with Gasteiger partial charge in [-0.15, -0.1) is 11.3 Å². The van der Waals surface area contributed by atoms with Crippen molar-refractivity contribution in [3.63, 3.8) is 0 Å². The lowest BCUT2D eigenvalue weighted by Gasteiger charge is -2.11. The standard InChI is InChI=1S/C16H12O5S/c1-20-11-7-6-10(21-8-13(17)18)14-15(19)9-4-2-3-5-12(9)22-16(11)14/h2-7H,8H2,1H3,(H,17,18). The summed E-state index contributed by atoms with van der Waals surface area (Å²) in [5.41, 5.74) is -0.191. The molecule has 22 heavy (non-hydrogen) atoms. The highest BCUT2D eigenvalue weighted by atomic mass is 32.1. The normalized spacial score (nSPS) is 10.8. The fraction of sp³-hybridized carbons (Fsp3) is 0.125. The molecular weight excluding hydrogens is 304 g/mol. The summed E-state index contributed by atoms with van der Waals surface area (Å²) in [6, 6.07) is 10.5. The maximum atomic E-state index is 12.7. The van der Waals surface area contributed by atoms with Gasteiger partial charge in [0.2, 0.25) is 0 Å². The molecule has 3 aromatic rings. The Morgan fingerprint density at radius 2 is 1.91 bits per heavy atom. The van der Waals surface area contributed by atoms with Crippen LogP contribution in [0.2, 0.25) is 0 Å². The SMILES string of the molecule is COc1ccc(OCC(=O)O)c2c(=O)c3ccccc3sc12. The summed E-state index contributed by atoms with van der Waals surface area (Å²) in [6.45, 7) is -0.502. The molecular formula is C16H12O5S. The van der Waals surface area contributed by atoms with Crippen LogP contribution in [0.3, 0.4) is 0 Å². The van der Waals surface area contributed by atoms with Crippen molar-refractivity contribution in [1.29, 1.82) is 0 Å². The highest BCUT2D eigenvalue weighted by Gasteiger charge is 2.15. The Balaban J connectivity index is 2.36. The number of aliphatic carboxylic acids is 1. The smallest absolute Gasteiger partial charge is 0.341 e. The first-order chi connectivity index (χ1) is 10.6. The minimum atomic E-state index is -1.10. The van der Waals surface area contributed by atoms with Crippen molar-refractivity contribution in [1.82, 2.24) is 0 Å². The second kappa shape index (κ2) is 5.65. The van der Waals surface area contributed by atoms with Gasteiger partial charge in [0.15, 0.2) is 12.0 Å². The van der Waals surface area contributed by atoms with Gasteiger partial charge in [0.25, 0.3) is 0 Å². The molecule has 0 spiro atoms. The first kappa shape index (κ1) is 14.3. The third-order valence-corrected chi connectivity index (χ3v) is 4.41. The Labute approximate surface area is 129 Å². The number of hydrogen-bond donors (Lipinski definition) is 1. The molecule has 0 aliphatic heterocycles. The number of hydrogen-bond acceptors (Lipinski definition) is 5. The van der Waals surface area contributed by atoms with E-state index < -0.39 is 12.6 Å². The molecule has 112 valence electrons. The minimum absolute atomic E-state index is 0.191. The second-order valence-corrected chi connectivity index (χ2v) is 5.63. The number of carboxylic acids is 1. The summed E-state index contributed by atoms with van der Waals surface area (Å²) in [4.78, 5) is 23.4. The molecule has 0 saturated heterocycles. The van der Waals surface area contributed by atoms with E-state index in [4.69, 9.17) is 14.6 Å². The van der Waals surface area contributed by atoms with Crippen molar-refractivity contribution in [3.05, 3.63) is 46.6 Å². The highest BCUT2D eigenvalue weighted by molar-refractivity contribution is 7.25. The van der Waals surface area contributed by atoms with Crippen LogP contribution in [0.1, 0.15) is 0 Å². The summed E-state index contributed by atoms with van der Waals surface area (Å²) >= 11 is 1.41. The molecule has 0 unspecified atom stereocenters. The predicted octanol–water partition coefficient (Wildman–Crippen LogP) is 2.89. The average molecular weight is 316 g/mol. The lowest BCUT2D eigenvalue weighted by Crippen LogP contribution is -2.11. The number of carboxylic acid groups (broad SMARTS) is 1. The highest BCUT2D eigenvalue weighted by Crippen LogP contribution is 2.36. The van der Waals surface area contributed by atoms with Crippen molar-refractivity contribution in [2.45, 2.75) is 0 Å². The molecule has 0 atom stereocenters. The zero-order chi connectivity index (χ0) is 15.7. The summed E-state index contributed by atoms with van der Waals surface area (Å²) in [5, 5.41) is 9.69. The van der Waals surface area contributed by atoms with Crippen molar-refractivity contribution in [2.75, 3.05) is 13.7 Å². The molecule has 3 rings (SSSR count). The van der Waals surface area contributed by atoms with Gasteiger partial charge in [-0.2, -0.15) is 0 Å². The zero-order valence-electron chi connectivity index (χ0n) is 11.7. The van der Waals surface area contributed by atoms with Crippen LogP contribution in [0.25, 0.3) is 20.2 Å². The van der Waals surface area contributed by atoms with Gasteiger partial charge in [-0.25, -0.2) is 4.79 Å². The molecule has 0 aliphatic rings. The van der Waals surface area contributed by atoms with Gasteiger partial charge in [0, 0.05) is 10.1 Å². The van der Waals surface area contributed by atoms with Crippen LogP contribution in [0.15, 0.2) is 41.2 Å². The number of benzene rings is 2. The number of methoxy groups -OCH3 is 1. The van der Waals surface area contributed by atoms with Crippen molar-refractivity contribution >= 4 is 37.5 Å². The monoisotopic (exact) mass is 316 g/mol. The first-order valence-electron chi connectivity index (χ1n) is 6.49. The van der Waals surface area contributed by atoms with E-state index in [1.807, 2.05) is 12.1 Å². The predicted molar refractivity (Wildman–Crippen MR) is 85.3 cm³/mol. The van der Waals surface area contributed by atoms with Gasteiger partial charge in [-0.3, -0.25) is 4.79 Å².